The molecule has 0 unspecified atom stereocenters. The van der Waals surface area contributed by atoms with Gasteiger partial charge < -0.3 is 15.4 Å². The van der Waals surface area contributed by atoms with Crippen LogP contribution in [-0.4, -0.2) is 17.5 Å². The zero-order valence-electron chi connectivity index (χ0n) is 16.5. The minimum Gasteiger partial charge on any atom is -0.489 e. The second kappa shape index (κ2) is 12.8. The molecule has 0 bridgehead atoms. The van der Waals surface area contributed by atoms with E-state index in [1.807, 2.05) is 60.7 Å². The molecule has 5 nitrogen and oxygen atoms in total. The van der Waals surface area contributed by atoms with Crippen LogP contribution in [0.15, 0.2) is 84.0 Å². The summed E-state index contributed by atoms with van der Waals surface area (Å²) in [5.74, 6) is 1.63. The Bertz CT molecular complexity index is 855. The monoisotopic (exact) mass is 502 g/mol. The maximum absolute atomic E-state index is 5.83. The summed E-state index contributed by atoms with van der Waals surface area (Å²) in [4.78, 5) is 8.97. The Morgan fingerprint density at radius 3 is 2.34 bits per heavy atom. The molecule has 0 spiro atoms. The average molecular weight is 502 g/mol. The van der Waals surface area contributed by atoms with Crippen LogP contribution in [-0.2, 0) is 19.7 Å². The molecule has 0 radical (unpaired) electrons. The van der Waals surface area contributed by atoms with Crippen LogP contribution in [0.1, 0.15) is 23.7 Å². The second-order valence-corrected chi connectivity index (χ2v) is 6.29. The van der Waals surface area contributed by atoms with Crippen LogP contribution in [0.5, 0.6) is 5.75 Å². The second-order valence-electron chi connectivity index (χ2n) is 6.29. The maximum atomic E-state index is 5.83. The first-order valence-electron chi connectivity index (χ1n) is 9.51. The summed E-state index contributed by atoms with van der Waals surface area (Å²) in [6.07, 6.45) is 1.79. The van der Waals surface area contributed by atoms with E-state index in [4.69, 9.17) is 4.74 Å². The fourth-order valence-corrected chi connectivity index (χ4v) is 2.62. The molecule has 3 aromatic rings. The zero-order valence-corrected chi connectivity index (χ0v) is 18.9. The van der Waals surface area contributed by atoms with Crippen LogP contribution in [0.4, 0.5) is 0 Å². The highest BCUT2D eigenvalue weighted by Gasteiger charge is 2.00. The van der Waals surface area contributed by atoms with Crippen LogP contribution < -0.4 is 15.4 Å². The molecule has 0 aliphatic heterocycles. The standard InChI is InChI=1S/C23H26N4O.HI/c1-2-24-23(27-17-21-10-6-7-15-25-21)26-16-19-11-13-22(14-12-19)28-18-20-8-4-3-5-9-20;/h3-15H,2,16-18H2,1H3,(H2,24,26,27);1H. The molecule has 2 aromatic carbocycles. The van der Waals surface area contributed by atoms with Gasteiger partial charge in [-0.2, -0.15) is 0 Å². The number of benzene rings is 2. The Labute approximate surface area is 189 Å². The number of nitrogens with one attached hydrogen (secondary N) is 2. The van der Waals surface area contributed by atoms with Gasteiger partial charge in [0.25, 0.3) is 0 Å². The lowest BCUT2D eigenvalue weighted by Crippen LogP contribution is -2.36. The van der Waals surface area contributed by atoms with E-state index in [1.54, 1.807) is 6.20 Å². The molecule has 0 aliphatic rings. The summed E-state index contributed by atoms with van der Waals surface area (Å²) in [6, 6.07) is 24.1. The molecule has 1 heterocycles. The predicted octanol–water partition coefficient (Wildman–Crippen LogP) is 4.53. The van der Waals surface area contributed by atoms with Crippen LogP contribution in [0.3, 0.4) is 0 Å². The van der Waals surface area contributed by atoms with Crippen molar-refractivity contribution in [1.29, 1.82) is 0 Å². The Balaban J connectivity index is 0.00000300. The highest BCUT2D eigenvalue weighted by molar-refractivity contribution is 14.0. The number of rotatable bonds is 8. The lowest BCUT2D eigenvalue weighted by Gasteiger charge is -2.11. The molecule has 0 atom stereocenters. The van der Waals surface area contributed by atoms with Gasteiger partial charge in [-0.1, -0.05) is 48.5 Å². The van der Waals surface area contributed by atoms with Crippen LogP contribution in [0, 0.1) is 0 Å². The topological polar surface area (TPSA) is 58.5 Å². The summed E-state index contributed by atoms with van der Waals surface area (Å²) in [5.41, 5.74) is 3.26. The molecule has 0 saturated heterocycles. The highest BCUT2D eigenvalue weighted by Crippen LogP contribution is 2.14. The number of nitrogens with zero attached hydrogens (tertiary/aromatic N) is 2. The maximum Gasteiger partial charge on any atom is 0.191 e. The van der Waals surface area contributed by atoms with Gasteiger partial charge in [0.2, 0.25) is 0 Å². The third-order valence-corrected chi connectivity index (χ3v) is 4.10. The number of halogens is 1. The lowest BCUT2D eigenvalue weighted by atomic mass is 10.2. The van der Waals surface area contributed by atoms with Gasteiger partial charge in [-0.05, 0) is 42.3 Å². The van der Waals surface area contributed by atoms with Crippen molar-refractivity contribution in [2.75, 3.05) is 6.54 Å². The third kappa shape index (κ3) is 8.11. The quantitative estimate of drug-likeness (QED) is 0.270. The molecule has 1 aromatic heterocycles. The van der Waals surface area contributed by atoms with Crippen molar-refractivity contribution >= 4 is 29.9 Å². The number of ether oxygens (including phenoxy) is 1. The molecular formula is C23H27IN4O. The summed E-state index contributed by atoms with van der Waals surface area (Å²) in [6.45, 7) is 4.66. The van der Waals surface area contributed by atoms with Gasteiger partial charge in [0, 0.05) is 12.7 Å². The van der Waals surface area contributed by atoms with Gasteiger partial charge in [0.15, 0.2) is 5.96 Å². The third-order valence-electron chi connectivity index (χ3n) is 4.10. The minimum atomic E-state index is 0. The van der Waals surface area contributed by atoms with E-state index in [0.29, 0.717) is 19.7 Å². The van der Waals surface area contributed by atoms with Crippen molar-refractivity contribution in [2.24, 2.45) is 4.99 Å². The van der Waals surface area contributed by atoms with E-state index >= 15 is 0 Å². The highest BCUT2D eigenvalue weighted by atomic mass is 127. The van der Waals surface area contributed by atoms with E-state index in [0.717, 1.165) is 35.1 Å². The number of aromatic nitrogens is 1. The van der Waals surface area contributed by atoms with Crippen LogP contribution in [0.2, 0.25) is 0 Å². The first-order valence-corrected chi connectivity index (χ1v) is 9.51. The first-order chi connectivity index (χ1) is 13.8. The Hall–Kier alpha value is -2.61. The van der Waals surface area contributed by atoms with E-state index in [-0.39, 0.29) is 24.0 Å². The van der Waals surface area contributed by atoms with Crippen molar-refractivity contribution in [2.45, 2.75) is 26.6 Å². The largest absolute Gasteiger partial charge is 0.489 e. The van der Waals surface area contributed by atoms with E-state index in [9.17, 15) is 0 Å². The lowest BCUT2D eigenvalue weighted by molar-refractivity contribution is 0.306. The van der Waals surface area contributed by atoms with E-state index < -0.39 is 0 Å². The molecule has 0 fully saturated rings. The molecule has 152 valence electrons. The summed E-state index contributed by atoms with van der Waals surface area (Å²) in [5, 5.41) is 6.57. The van der Waals surface area contributed by atoms with Gasteiger partial charge in [-0.15, -0.1) is 24.0 Å². The summed E-state index contributed by atoms with van der Waals surface area (Å²) < 4.78 is 5.83. The average Bonchev–Trinajstić information content (AvgIpc) is 2.76. The molecular weight excluding hydrogens is 475 g/mol. The number of pyridine rings is 1. The number of hydrogen-bond donors (Lipinski definition) is 2. The number of guanidine groups is 1. The molecule has 2 N–H and O–H groups in total. The van der Waals surface area contributed by atoms with Gasteiger partial charge in [-0.25, -0.2) is 4.99 Å². The summed E-state index contributed by atoms with van der Waals surface area (Å²) >= 11 is 0. The predicted molar refractivity (Wildman–Crippen MR) is 129 cm³/mol. The Kier molecular flexibility index (Phi) is 9.99. The molecule has 3 rings (SSSR count). The molecule has 29 heavy (non-hydrogen) atoms. The van der Waals surface area contributed by atoms with Crippen LogP contribution >= 0.6 is 24.0 Å². The van der Waals surface area contributed by atoms with Gasteiger partial charge in [0.05, 0.1) is 18.8 Å². The van der Waals surface area contributed by atoms with Crippen molar-refractivity contribution < 1.29 is 4.74 Å². The SMILES string of the molecule is CCNC(=NCc1ccc(OCc2ccccc2)cc1)NCc1ccccn1.I. The fraction of sp³-hybridized carbons (Fsp3) is 0.217. The van der Waals surface area contributed by atoms with E-state index in [2.05, 4.69) is 39.7 Å². The van der Waals surface area contributed by atoms with E-state index in [1.165, 1.54) is 0 Å². The van der Waals surface area contributed by atoms with Crippen molar-refractivity contribution in [3.63, 3.8) is 0 Å². The number of hydrogen-bond acceptors (Lipinski definition) is 3. The Morgan fingerprint density at radius 2 is 1.66 bits per heavy atom. The number of aliphatic imine (C=N–C) groups is 1. The van der Waals surface area contributed by atoms with Gasteiger partial charge in [0.1, 0.15) is 12.4 Å². The fourth-order valence-electron chi connectivity index (χ4n) is 2.62. The smallest absolute Gasteiger partial charge is 0.191 e. The molecule has 0 saturated carbocycles. The summed E-state index contributed by atoms with van der Waals surface area (Å²) in [7, 11) is 0. The van der Waals surface area contributed by atoms with Gasteiger partial charge >= 0.3 is 0 Å². The zero-order chi connectivity index (χ0) is 19.4. The molecule has 0 aliphatic carbocycles. The first kappa shape index (κ1) is 22.7. The van der Waals surface area contributed by atoms with Crippen molar-refractivity contribution in [1.82, 2.24) is 15.6 Å². The van der Waals surface area contributed by atoms with Gasteiger partial charge in [-0.3, -0.25) is 4.98 Å². The molecule has 0 amide bonds. The van der Waals surface area contributed by atoms with Crippen molar-refractivity contribution in [3.8, 4) is 5.75 Å². The van der Waals surface area contributed by atoms with Crippen molar-refractivity contribution in [3.05, 3.63) is 95.8 Å². The molecule has 6 heteroatoms. The Morgan fingerprint density at radius 1 is 0.897 bits per heavy atom. The normalized spacial score (nSPS) is 10.7. The van der Waals surface area contributed by atoms with Crippen LogP contribution in [0.25, 0.3) is 0 Å². The minimum absolute atomic E-state index is 0.